The third-order valence-electron chi connectivity index (χ3n) is 11.2. The number of hydrogen-bond acceptors (Lipinski definition) is 6. The third kappa shape index (κ3) is 4.01. The molecular formula is C33H53NO5Sn. The van der Waals surface area contributed by atoms with Crippen LogP contribution >= 0.6 is 0 Å². The molecule has 6 nitrogen and oxygen atoms in total. The van der Waals surface area contributed by atoms with Gasteiger partial charge in [-0.2, -0.15) is 0 Å². The number of likely N-dealkylation sites (tertiary alicyclic amines) is 1. The number of Topliss-reactive ketones (excluding diaryl/α,β-unsaturated/α-hetero) is 1. The number of unbranched alkanes of at least 4 members (excludes halogenated alkanes) is 3. The van der Waals surface area contributed by atoms with Crippen LogP contribution in [0.4, 0.5) is 0 Å². The molecule has 0 N–H and O–H groups in total. The van der Waals surface area contributed by atoms with Crippen LogP contribution in [0.3, 0.4) is 0 Å². The second-order valence-electron chi connectivity index (χ2n) is 13.6. The topological polar surface area (TPSA) is 57.2 Å². The summed E-state index contributed by atoms with van der Waals surface area (Å²) < 4.78 is 31.4. The molecule has 40 heavy (non-hydrogen) atoms. The van der Waals surface area contributed by atoms with Gasteiger partial charge in [0.2, 0.25) is 0 Å². The Morgan fingerprint density at radius 1 is 1.00 bits per heavy atom. The Balaban J connectivity index is 1.85. The van der Waals surface area contributed by atoms with Crippen molar-refractivity contribution in [3.8, 4) is 0 Å². The Labute approximate surface area is 246 Å². The standard InChI is InChI=1S/C21H26NO5.3C4H9.Sn/c1-18(2)26-14-6-7-19(16(14)27-18)8-9-21-17(25-5)15(24-4)13(23)12-20(19,21)10-11-22(21)3;3*1-3-4-2;/h6-7,9,14,16H,10-12H2,1-5H3;3*1,3-4H2,2H3;/t14-,16-,19+,20+,21-;;;;/m1..../s1. The first-order chi connectivity index (χ1) is 19.1. The van der Waals surface area contributed by atoms with E-state index in [1.54, 1.807) is 17.8 Å². The van der Waals surface area contributed by atoms with E-state index in [0.717, 1.165) is 13.0 Å². The Morgan fingerprint density at radius 2 is 1.62 bits per heavy atom. The average molecular weight is 663 g/mol. The fourth-order valence-corrected chi connectivity index (χ4v) is 28.2. The van der Waals surface area contributed by atoms with Crippen LogP contribution in [0.1, 0.15) is 86.0 Å². The Kier molecular flexibility index (Phi) is 8.44. The molecule has 7 heteroatoms. The van der Waals surface area contributed by atoms with Gasteiger partial charge in [-0.3, -0.25) is 0 Å². The SMILES string of the molecule is CCC[CH2][Sn]([CH2]CCC)([CH2]CCC)[C]1=C[C@@]23C(OC)=C(OC)C(=O)C[C@@]2(CCN3C)[C@@]12C=C[C@H]1OC(C)(C)O[C@H]12. The molecule has 0 aromatic heterocycles. The molecule has 0 saturated carbocycles. The zero-order valence-electron chi connectivity index (χ0n) is 26.4. The van der Waals surface area contributed by atoms with E-state index in [1.807, 2.05) is 13.8 Å². The van der Waals surface area contributed by atoms with Crippen LogP contribution in [-0.2, 0) is 23.7 Å². The van der Waals surface area contributed by atoms with Crippen molar-refractivity contribution in [2.75, 3.05) is 27.8 Å². The van der Waals surface area contributed by atoms with Crippen molar-refractivity contribution in [3.05, 3.63) is 33.3 Å². The van der Waals surface area contributed by atoms with Gasteiger partial charge >= 0.3 is 248 Å². The van der Waals surface area contributed by atoms with Crippen molar-refractivity contribution in [1.29, 1.82) is 0 Å². The fraction of sp³-hybridized carbons (Fsp3) is 0.788. The summed E-state index contributed by atoms with van der Waals surface area (Å²) in [6.45, 7) is 12.0. The summed E-state index contributed by atoms with van der Waals surface area (Å²) in [4.78, 5) is 16.5. The maximum absolute atomic E-state index is 14.0. The summed E-state index contributed by atoms with van der Waals surface area (Å²) in [6, 6.07) is 0. The van der Waals surface area contributed by atoms with Gasteiger partial charge in [0, 0.05) is 0 Å². The Hall–Kier alpha value is -0.831. The molecule has 0 unspecified atom stereocenters. The number of hydrogen-bond donors (Lipinski definition) is 0. The number of methoxy groups -OCH3 is 2. The average Bonchev–Trinajstić information content (AvgIpc) is 3.60. The van der Waals surface area contributed by atoms with Crippen LogP contribution in [0, 0.1) is 10.8 Å². The van der Waals surface area contributed by atoms with Gasteiger partial charge in [-0.25, -0.2) is 0 Å². The zero-order valence-corrected chi connectivity index (χ0v) is 29.2. The molecule has 5 rings (SSSR count). The number of rotatable bonds is 12. The first-order valence-electron chi connectivity index (χ1n) is 15.9. The van der Waals surface area contributed by atoms with E-state index in [1.165, 1.54) is 51.8 Å². The molecular weight excluding hydrogens is 609 g/mol. The van der Waals surface area contributed by atoms with Crippen LogP contribution in [0.15, 0.2) is 33.3 Å². The molecule has 0 bridgehead atoms. The fourth-order valence-electron chi connectivity index (χ4n) is 9.60. The normalized spacial score (nSPS) is 36.3. The van der Waals surface area contributed by atoms with Gasteiger partial charge in [0.05, 0.1) is 0 Å². The molecule has 5 atom stereocenters. The van der Waals surface area contributed by atoms with Crippen LogP contribution in [0.5, 0.6) is 0 Å². The summed E-state index contributed by atoms with van der Waals surface area (Å²) in [5.41, 5.74) is -1.29. The van der Waals surface area contributed by atoms with Gasteiger partial charge in [0.25, 0.3) is 0 Å². The summed E-state index contributed by atoms with van der Waals surface area (Å²) in [5.74, 6) is 0.511. The maximum atomic E-state index is 14.0. The minimum atomic E-state index is -3.10. The molecule has 0 aromatic rings. The van der Waals surface area contributed by atoms with E-state index >= 15 is 0 Å². The molecule has 0 radical (unpaired) electrons. The van der Waals surface area contributed by atoms with Crippen LogP contribution < -0.4 is 0 Å². The Bertz CT molecular complexity index is 1070. The number of ketones is 1. The quantitative estimate of drug-likeness (QED) is 0.167. The van der Waals surface area contributed by atoms with E-state index in [9.17, 15) is 4.79 Å². The van der Waals surface area contributed by atoms with E-state index < -0.39 is 29.7 Å². The van der Waals surface area contributed by atoms with Crippen molar-refractivity contribution >= 4 is 24.2 Å². The molecule has 2 heterocycles. The van der Waals surface area contributed by atoms with Gasteiger partial charge in [0.1, 0.15) is 0 Å². The van der Waals surface area contributed by atoms with Crippen molar-refractivity contribution in [1.82, 2.24) is 4.90 Å². The molecule has 3 aliphatic carbocycles. The minimum absolute atomic E-state index is 0.0609. The summed E-state index contributed by atoms with van der Waals surface area (Å²) in [6.07, 6.45) is 16.1. The van der Waals surface area contributed by atoms with E-state index in [2.05, 4.69) is 50.9 Å². The van der Waals surface area contributed by atoms with Crippen molar-refractivity contribution < 1.29 is 23.7 Å². The van der Waals surface area contributed by atoms with E-state index in [0.29, 0.717) is 17.9 Å². The third-order valence-corrected chi connectivity index (χ3v) is 27.3. The first kappa shape index (κ1) is 30.6. The molecule has 2 saturated heterocycles. The molecule has 2 aliphatic heterocycles. The number of likely N-dealkylation sites (N-methyl/N-ethyl adjacent to an activating group) is 1. The molecule has 224 valence electrons. The number of ether oxygens (including phenoxy) is 4. The van der Waals surface area contributed by atoms with Crippen LogP contribution in [0.2, 0.25) is 13.3 Å². The van der Waals surface area contributed by atoms with Crippen molar-refractivity contribution in [3.63, 3.8) is 0 Å². The van der Waals surface area contributed by atoms with Gasteiger partial charge in [-0.15, -0.1) is 0 Å². The predicted molar refractivity (Wildman–Crippen MR) is 161 cm³/mol. The molecule has 5 aliphatic rings. The van der Waals surface area contributed by atoms with E-state index in [4.69, 9.17) is 18.9 Å². The number of nitrogens with zero attached hydrogens (tertiary/aromatic N) is 1. The number of fused-ring (bicyclic) bond motifs is 2. The van der Waals surface area contributed by atoms with Gasteiger partial charge in [0.15, 0.2) is 0 Å². The van der Waals surface area contributed by atoms with Crippen molar-refractivity contribution in [2.24, 2.45) is 10.8 Å². The predicted octanol–water partition coefficient (Wildman–Crippen LogP) is 6.93. The number of carbonyl (C=O) groups is 1. The van der Waals surface area contributed by atoms with Gasteiger partial charge < -0.3 is 0 Å². The molecule has 2 fully saturated rings. The molecule has 0 aromatic carbocycles. The number of allylic oxidation sites excluding steroid dienone is 1. The first-order valence-corrected chi connectivity index (χ1v) is 23.4. The van der Waals surface area contributed by atoms with Crippen LogP contribution in [-0.4, -0.2) is 80.4 Å². The summed E-state index contributed by atoms with van der Waals surface area (Å²) >= 11 is -3.10. The van der Waals surface area contributed by atoms with Gasteiger partial charge in [-0.1, -0.05) is 0 Å². The summed E-state index contributed by atoms with van der Waals surface area (Å²) in [7, 11) is 5.57. The van der Waals surface area contributed by atoms with Crippen LogP contribution in [0.25, 0.3) is 0 Å². The number of carbonyl (C=O) groups excluding carboxylic acids is 1. The zero-order chi connectivity index (χ0) is 29.0. The molecule has 0 amide bonds. The Morgan fingerprint density at radius 3 is 2.17 bits per heavy atom. The van der Waals surface area contributed by atoms with Gasteiger partial charge in [-0.05, 0) is 0 Å². The molecule has 1 spiro atoms. The summed E-state index contributed by atoms with van der Waals surface area (Å²) in [5, 5.41) is 0. The second kappa shape index (κ2) is 11.0. The second-order valence-corrected chi connectivity index (χ2v) is 26.7. The monoisotopic (exact) mass is 663 g/mol. The van der Waals surface area contributed by atoms with Crippen molar-refractivity contribution in [2.45, 2.75) is 123 Å². The van der Waals surface area contributed by atoms with E-state index in [-0.39, 0.29) is 28.8 Å².